The number of fused-ring (bicyclic) bond motifs is 1. The molecule has 3 aromatic carbocycles. The second-order valence-corrected chi connectivity index (χ2v) is 7.99. The van der Waals surface area contributed by atoms with Gasteiger partial charge in [-0.2, -0.15) is 0 Å². The van der Waals surface area contributed by atoms with E-state index in [2.05, 4.69) is 0 Å². The topological polar surface area (TPSA) is 89.4 Å². The van der Waals surface area contributed by atoms with Crippen molar-refractivity contribution in [3.05, 3.63) is 99.3 Å². The summed E-state index contributed by atoms with van der Waals surface area (Å²) in [7, 11) is 0. The van der Waals surface area contributed by atoms with E-state index in [-0.39, 0.29) is 23.3 Å². The highest BCUT2D eigenvalue weighted by Crippen LogP contribution is 2.40. The molecule has 1 aliphatic rings. The van der Waals surface area contributed by atoms with E-state index < -0.39 is 11.9 Å². The Balaban J connectivity index is 1.81. The van der Waals surface area contributed by atoms with Crippen LogP contribution in [-0.4, -0.2) is 16.7 Å². The van der Waals surface area contributed by atoms with Crippen LogP contribution in [0.15, 0.2) is 60.7 Å². The average molecular weight is 438 g/mol. The summed E-state index contributed by atoms with van der Waals surface area (Å²) in [5.41, 5.74) is 14.5. The zero-order chi connectivity index (χ0) is 22.1. The minimum atomic E-state index is -0.580. The van der Waals surface area contributed by atoms with Crippen LogP contribution in [0.5, 0.6) is 0 Å². The van der Waals surface area contributed by atoms with E-state index in [1.165, 1.54) is 6.07 Å². The standard InChI is InChI=1S/C24H21ClFN3O2/c25-15-11-19-17(20(26)12-15)9-10-22(19)29(24(31)18-7-3-4-8-21(18)27)13-14-5-1-2-6-16(14)23(28)30/h1-8,11-12,22H,9-10,13,27H2,(H2,28,30)/t22-/m1/s1. The number of hydrogen-bond donors (Lipinski definition) is 2. The fourth-order valence-electron chi connectivity index (χ4n) is 4.20. The first kappa shape index (κ1) is 20.9. The molecule has 0 fully saturated rings. The number of hydrogen-bond acceptors (Lipinski definition) is 3. The van der Waals surface area contributed by atoms with Gasteiger partial charge in [-0.3, -0.25) is 9.59 Å². The predicted molar refractivity (Wildman–Crippen MR) is 118 cm³/mol. The fourth-order valence-corrected chi connectivity index (χ4v) is 4.41. The molecule has 0 unspecified atom stereocenters. The van der Waals surface area contributed by atoms with Gasteiger partial charge < -0.3 is 16.4 Å². The Hall–Kier alpha value is -3.38. The lowest BCUT2D eigenvalue weighted by molar-refractivity contribution is 0.0657. The number of carbonyl (C=O) groups is 2. The van der Waals surface area contributed by atoms with Gasteiger partial charge in [-0.1, -0.05) is 41.9 Å². The summed E-state index contributed by atoms with van der Waals surface area (Å²) < 4.78 is 14.5. The highest BCUT2D eigenvalue weighted by atomic mass is 35.5. The van der Waals surface area contributed by atoms with Gasteiger partial charge in [-0.25, -0.2) is 4.39 Å². The number of primary amides is 1. The lowest BCUT2D eigenvalue weighted by atomic mass is 10.0. The molecule has 158 valence electrons. The van der Waals surface area contributed by atoms with E-state index in [9.17, 15) is 14.0 Å². The van der Waals surface area contributed by atoms with E-state index in [1.54, 1.807) is 59.5 Å². The van der Waals surface area contributed by atoms with Crippen LogP contribution in [-0.2, 0) is 13.0 Å². The van der Waals surface area contributed by atoms with Crippen molar-refractivity contribution in [1.29, 1.82) is 0 Å². The molecule has 0 bridgehead atoms. The van der Waals surface area contributed by atoms with Crippen molar-refractivity contribution in [2.75, 3.05) is 5.73 Å². The molecule has 0 saturated carbocycles. The number of nitrogen functional groups attached to an aromatic ring is 1. The van der Waals surface area contributed by atoms with Crippen LogP contribution in [0.4, 0.5) is 10.1 Å². The van der Waals surface area contributed by atoms with Gasteiger partial charge in [-0.15, -0.1) is 0 Å². The molecule has 2 amide bonds. The first-order chi connectivity index (χ1) is 14.9. The molecule has 0 heterocycles. The zero-order valence-corrected chi connectivity index (χ0v) is 17.4. The quantitative estimate of drug-likeness (QED) is 0.576. The minimum Gasteiger partial charge on any atom is -0.398 e. The van der Waals surface area contributed by atoms with E-state index in [0.29, 0.717) is 46.3 Å². The highest BCUT2D eigenvalue weighted by Gasteiger charge is 2.34. The number of rotatable bonds is 5. The Morgan fingerprint density at radius 2 is 1.74 bits per heavy atom. The maximum Gasteiger partial charge on any atom is 0.256 e. The summed E-state index contributed by atoms with van der Waals surface area (Å²) in [6.45, 7) is 0.116. The van der Waals surface area contributed by atoms with Crippen LogP contribution < -0.4 is 11.5 Å². The Morgan fingerprint density at radius 1 is 1.06 bits per heavy atom. The molecular weight excluding hydrogens is 417 g/mol. The molecule has 0 aliphatic heterocycles. The number of para-hydroxylation sites is 1. The Morgan fingerprint density at radius 3 is 2.45 bits per heavy atom. The van der Waals surface area contributed by atoms with E-state index in [4.69, 9.17) is 23.1 Å². The number of nitrogens with zero attached hydrogens (tertiary/aromatic N) is 1. The van der Waals surface area contributed by atoms with Crippen molar-refractivity contribution >= 4 is 29.1 Å². The molecule has 5 nitrogen and oxygen atoms in total. The number of benzene rings is 3. The average Bonchev–Trinajstić information content (AvgIpc) is 3.16. The molecule has 4 rings (SSSR count). The highest BCUT2D eigenvalue weighted by molar-refractivity contribution is 6.30. The van der Waals surface area contributed by atoms with E-state index in [0.717, 1.165) is 0 Å². The summed E-state index contributed by atoms with van der Waals surface area (Å²) in [5.74, 6) is -1.27. The molecule has 0 saturated heterocycles. The molecule has 4 N–H and O–H groups in total. The fraction of sp³-hybridized carbons (Fsp3) is 0.167. The third-order valence-electron chi connectivity index (χ3n) is 5.67. The largest absolute Gasteiger partial charge is 0.398 e. The summed E-state index contributed by atoms with van der Waals surface area (Å²) in [6, 6.07) is 16.2. The number of carbonyl (C=O) groups excluding carboxylic acids is 2. The Kier molecular flexibility index (Phi) is 5.65. The van der Waals surface area contributed by atoms with Gasteiger partial charge in [0.2, 0.25) is 5.91 Å². The third kappa shape index (κ3) is 3.99. The SMILES string of the molecule is NC(=O)c1ccccc1CN(C(=O)c1ccccc1N)[C@@H]1CCc2c(F)cc(Cl)cc21. The van der Waals surface area contributed by atoms with Gasteiger partial charge in [-0.05, 0) is 59.9 Å². The van der Waals surface area contributed by atoms with Crippen LogP contribution in [0.2, 0.25) is 5.02 Å². The van der Waals surface area contributed by atoms with Crippen LogP contribution in [0.1, 0.15) is 49.9 Å². The zero-order valence-electron chi connectivity index (χ0n) is 16.6. The molecule has 1 aliphatic carbocycles. The van der Waals surface area contributed by atoms with Gasteiger partial charge in [0.1, 0.15) is 5.82 Å². The van der Waals surface area contributed by atoms with Crippen LogP contribution in [0.3, 0.4) is 0 Å². The van der Waals surface area contributed by atoms with Crippen LogP contribution in [0, 0.1) is 5.82 Å². The maximum absolute atomic E-state index is 14.5. The van der Waals surface area contributed by atoms with Gasteiger partial charge >= 0.3 is 0 Å². The number of nitrogens with two attached hydrogens (primary N) is 2. The maximum atomic E-state index is 14.5. The minimum absolute atomic E-state index is 0.116. The molecule has 1 atom stereocenters. The first-order valence-electron chi connectivity index (χ1n) is 9.88. The van der Waals surface area contributed by atoms with Gasteiger partial charge in [0.05, 0.1) is 11.6 Å². The molecule has 0 aromatic heterocycles. The molecule has 0 spiro atoms. The molecule has 7 heteroatoms. The third-order valence-corrected chi connectivity index (χ3v) is 5.89. The van der Waals surface area contributed by atoms with E-state index in [1.807, 2.05) is 0 Å². The molecule has 0 radical (unpaired) electrons. The Labute approximate surface area is 184 Å². The summed E-state index contributed by atoms with van der Waals surface area (Å²) in [4.78, 5) is 27.2. The number of halogens is 2. The lowest BCUT2D eigenvalue weighted by Gasteiger charge is -2.31. The van der Waals surface area contributed by atoms with Crippen LogP contribution in [0.25, 0.3) is 0 Å². The van der Waals surface area contributed by atoms with Crippen molar-refractivity contribution in [1.82, 2.24) is 4.90 Å². The summed E-state index contributed by atoms with van der Waals surface area (Å²) in [5, 5.41) is 0.271. The normalized spacial score (nSPS) is 14.8. The lowest BCUT2D eigenvalue weighted by Crippen LogP contribution is -2.35. The summed E-state index contributed by atoms with van der Waals surface area (Å²) >= 11 is 6.12. The number of anilines is 1. The smallest absolute Gasteiger partial charge is 0.256 e. The van der Waals surface area contributed by atoms with Crippen molar-refractivity contribution in [3.63, 3.8) is 0 Å². The van der Waals surface area contributed by atoms with Gasteiger partial charge in [0.15, 0.2) is 0 Å². The van der Waals surface area contributed by atoms with Gasteiger partial charge in [0.25, 0.3) is 5.91 Å². The van der Waals surface area contributed by atoms with E-state index >= 15 is 0 Å². The van der Waals surface area contributed by atoms with Crippen molar-refractivity contribution in [2.24, 2.45) is 5.73 Å². The van der Waals surface area contributed by atoms with Crippen molar-refractivity contribution in [2.45, 2.75) is 25.4 Å². The van der Waals surface area contributed by atoms with Gasteiger partial charge in [0, 0.05) is 22.8 Å². The predicted octanol–water partition coefficient (Wildman–Crippen LogP) is 4.49. The first-order valence-corrected chi connectivity index (χ1v) is 10.3. The molecule has 31 heavy (non-hydrogen) atoms. The number of amides is 2. The monoisotopic (exact) mass is 437 g/mol. The van der Waals surface area contributed by atoms with Crippen molar-refractivity contribution < 1.29 is 14.0 Å². The van der Waals surface area contributed by atoms with Crippen LogP contribution >= 0.6 is 11.6 Å². The second-order valence-electron chi connectivity index (χ2n) is 7.55. The van der Waals surface area contributed by atoms with Crippen molar-refractivity contribution in [3.8, 4) is 0 Å². The molecule has 3 aromatic rings. The second kappa shape index (κ2) is 8.40. The molecular formula is C24H21ClFN3O2. The summed E-state index contributed by atoms with van der Waals surface area (Å²) in [6.07, 6.45) is 1.01. The Bertz CT molecular complexity index is 1180.